The standard InChI is InChI=1S/C18H19N3O2/c1-19-18(23)14-8-6-13(7-9-14)12-21-11-10-17(22)20-15-4-2-3-5-16(15)21/h2-9H,10-12H2,1H3,(H,19,23)(H,20,22). The Morgan fingerprint density at radius 2 is 1.91 bits per heavy atom. The molecule has 1 aliphatic rings. The van der Waals surface area contributed by atoms with Gasteiger partial charge in [0, 0.05) is 32.1 Å². The van der Waals surface area contributed by atoms with Crippen molar-refractivity contribution in [3.8, 4) is 0 Å². The van der Waals surface area contributed by atoms with Gasteiger partial charge >= 0.3 is 0 Å². The fourth-order valence-electron chi connectivity index (χ4n) is 2.72. The number of fused-ring (bicyclic) bond motifs is 1. The van der Waals surface area contributed by atoms with Gasteiger partial charge in [0.1, 0.15) is 0 Å². The van der Waals surface area contributed by atoms with E-state index < -0.39 is 0 Å². The predicted octanol–water partition coefficient (Wildman–Crippen LogP) is 2.40. The van der Waals surface area contributed by atoms with E-state index in [0.717, 1.165) is 16.9 Å². The maximum Gasteiger partial charge on any atom is 0.251 e. The van der Waals surface area contributed by atoms with Gasteiger partial charge in [-0.05, 0) is 29.8 Å². The second kappa shape index (κ2) is 6.52. The van der Waals surface area contributed by atoms with Gasteiger partial charge in [-0.25, -0.2) is 0 Å². The molecule has 0 fully saturated rings. The normalized spacial score (nSPS) is 13.8. The maximum absolute atomic E-state index is 11.8. The highest BCUT2D eigenvalue weighted by Crippen LogP contribution is 2.29. The van der Waals surface area contributed by atoms with Crippen molar-refractivity contribution in [3.05, 3.63) is 59.7 Å². The third-order valence-electron chi connectivity index (χ3n) is 3.94. The molecule has 3 rings (SSSR count). The van der Waals surface area contributed by atoms with Crippen LogP contribution in [0.15, 0.2) is 48.5 Å². The van der Waals surface area contributed by atoms with Crippen molar-refractivity contribution in [1.82, 2.24) is 5.32 Å². The monoisotopic (exact) mass is 309 g/mol. The van der Waals surface area contributed by atoms with Crippen LogP contribution >= 0.6 is 0 Å². The Labute approximate surface area is 135 Å². The van der Waals surface area contributed by atoms with Gasteiger partial charge < -0.3 is 15.5 Å². The summed E-state index contributed by atoms with van der Waals surface area (Å²) in [5.41, 5.74) is 3.61. The molecule has 1 heterocycles. The number of nitrogens with zero attached hydrogens (tertiary/aromatic N) is 1. The summed E-state index contributed by atoms with van der Waals surface area (Å²) in [7, 11) is 1.62. The second-order valence-electron chi connectivity index (χ2n) is 5.51. The Balaban J connectivity index is 1.82. The molecule has 2 N–H and O–H groups in total. The number of hydrogen-bond donors (Lipinski definition) is 2. The Kier molecular flexibility index (Phi) is 4.28. The highest BCUT2D eigenvalue weighted by atomic mass is 16.2. The molecule has 0 spiro atoms. The van der Waals surface area contributed by atoms with Crippen molar-refractivity contribution in [2.75, 3.05) is 23.8 Å². The van der Waals surface area contributed by atoms with Crippen LogP contribution in [0.1, 0.15) is 22.3 Å². The van der Waals surface area contributed by atoms with Crippen LogP contribution in [0.25, 0.3) is 0 Å². The van der Waals surface area contributed by atoms with Crippen molar-refractivity contribution in [2.24, 2.45) is 0 Å². The Hall–Kier alpha value is -2.82. The number of carbonyl (C=O) groups is 2. The summed E-state index contributed by atoms with van der Waals surface area (Å²) in [6, 6.07) is 15.4. The molecule has 0 radical (unpaired) electrons. The number of rotatable bonds is 3. The summed E-state index contributed by atoms with van der Waals surface area (Å²) >= 11 is 0. The minimum absolute atomic E-state index is 0.0370. The Morgan fingerprint density at radius 3 is 2.65 bits per heavy atom. The first-order chi connectivity index (χ1) is 11.2. The lowest BCUT2D eigenvalue weighted by Gasteiger charge is -2.24. The van der Waals surface area contributed by atoms with E-state index in [4.69, 9.17) is 0 Å². The molecular formula is C18H19N3O2. The van der Waals surface area contributed by atoms with Gasteiger partial charge in [-0.2, -0.15) is 0 Å². The summed E-state index contributed by atoms with van der Waals surface area (Å²) in [5, 5.41) is 5.55. The fraction of sp³-hybridized carbons (Fsp3) is 0.222. The van der Waals surface area contributed by atoms with Gasteiger partial charge in [0.15, 0.2) is 0 Å². The van der Waals surface area contributed by atoms with Gasteiger partial charge in [-0.15, -0.1) is 0 Å². The molecule has 5 nitrogen and oxygen atoms in total. The molecule has 23 heavy (non-hydrogen) atoms. The summed E-state index contributed by atoms with van der Waals surface area (Å²) in [6.07, 6.45) is 0.463. The molecule has 0 aromatic heterocycles. The highest BCUT2D eigenvalue weighted by molar-refractivity contribution is 5.96. The van der Waals surface area contributed by atoms with Crippen LogP contribution in [0, 0.1) is 0 Å². The summed E-state index contributed by atoms with van der Waals surface area (Å²) in [5.74, 6) is -0.0543. The van der Waals surface area contributed by atoms with Gasteiger partial charge in [0.05, 0.1) is 11.4 Å². The van der Waals surface area contributed by atoms with E-state index in [1.807, 2.05) is 48.5 Å². The lowest BCUT2D eigenvalue weighted by atomic mass is 10.1. The molecule has 118 valence electrons. The van der Waals surface area contributed by atoms with Crippen LogP contribution in [0.3, 0.4) is 0 Å². The van der Waals surface area contributed by atoms with E-state index in [9.17, 15) is 9.59 Å². The first-order valence-corrected chi connectivity index (χ1v) is 7.62. The van der Waals surface area contributed by atoms with Crippen molar-refractivity contribution in [2.45, 2.75) is 13.0 Å². The molecule has 0 bridgehead atoms. The van der Waals surface area contributed by atoms with E-state index in [1.165, 1.54) is 0 Å². The van der Waals surface area contributed by atoms with E-state index in [2.05, 4.69) is 15.5 Å². The summed E-state index contributed by atoms with van der Waals surface area (Å²) in [6.45, 7) is 1.36. The quantitative estimate of drug-likeness (QED) is 0.915. The Morgan fingerprint density at radius 1 is 1.17 bits per heavy atom. The van der Waals surface area contributed by atoms with Gasteiger partial charge in [-0.3, -0.25) is 9.59 Å². The topological polar surface area (TPSA) is 61.4 Å². The summed E-state index contributed by atoms with van der Waals surface area (Å²) < 4.78 is 0. The highest BCUT2D eigenvalue weighted by Gasteiger charge is 2.18. The number of carbonyl (C=O) groups excluding carboxylic acids is 2. The van der Waals surface area contributed by atoms with Crippen LogP contribution < -0.4 is 15.5 Å². The number of nitrogens with one attached hydrogen (secondary N) is 2. The Bertz CT molecular complexity index is 725. The lowest BCUT2D eigenvalue weighted by Crippen LogP contribution is -2.24. The lowest BCUT2D eigenvalue weighted by molar-refractivity contribution is -0.115. The van der Waals surface area contributed by atoms with Crippen LogP contribution in [-0.2, 0) is 11.3 Å². The molecule has 0 atom stereocenters. The second-order valence-corrected chi connectivity index (χ2v) is 5.51. The minimum Gasteiger partial charge on any atom is -0.365 e. The zero-order chi connectivity index (χ0) is 16.2. The molecule has 2 amide bonds. The maximum atomic E-state index is 11.8. The largest absolute Gasteiger partial charge is 0.365 e. The van der Waals surface area contributed by atoms with E-state index in [1.54, 1.807) is 7.05 Å². The van der Waals surface area contributed by atoms with E-state index >= 15 is 0 Å². The first kappa shape index (κ1) is 15.1. The van der Waals surface area contributed by atoms with Crippen LogP contribution in [0.2, 0.25) is 0 Å². The van der Waals surface area contributed by atoms with E-state index in [0.29, 0.717) is 25.1 Å². The zero-order valence-corrected chi connectivity index (χ0v) is 13.0. The average Bonchev–Trinajstić information content (AvgIpc) is 2.74. The van der Waals surface area contributed by atoms with Gasteiger partial charge in [-0.1, -0.05) is 24.3 Å². The zero-order valence-electron chi connectivity index (χ0n) is 13.0. The molecule has 5 heteroatoms. The third-order valence-corrected chi connectivity index (χ3v) is 3.94. The van der Waals surface area contributed by atoms with E-state index in [-0.39, 0.29) is 11.8 Å². The van der Waals surface area contributed by atoms with Gasteiger partial charge in [0.2, 0.25) is 5.91 Å². The first-order valence-electron chi connectivity index (χ1n) is 7.62. The van der Waals surface area contributed by atoms with Gasteiger partial charge in [0.25, 0.3) is 5.91 Å². The summed E-state index contributed by atoms with van der Waals surface area (Å²) in [4.78, 5) is 25.6. The van der Waals surface area contributed by atoms with Crippen molar-refractivity contribution in [3.63, 3.8) is 0 Å². The number of amides is 2. The SMILES string of the molecule is CNC(=O)c1ccc(CN2CCC(=O)Nc3ccccc32)cc1. The molecule has 0 aliphatic carbocycles. The predicted molar refractivity (Wildman–Crippen MR) is 90.6 cm³/mol. The van der Waals surface area contributed by atoms with Crippen LogP contribution in [0.4, 0.5) is 11.4 Å². The molecule has 2 aromatic carbocycles. The smallest absolute Gasteiger partial charge is 0.251 e. The molecule has 0 saturated carbocycles. The van der Waals surface area contributed by atoms with Crippen molar-refractivity contribution in [1.29, 1.82) is 0 Å². The third kappa shape index (κ3) is 3.34. The molecule has 0 saturated heterocycles. The number of anilines is 2. The molecule has 0 unspecified atom stereocenters. The van der Waals surface area contributed by atoms with Crippen molar-refractivity contribution >= 4 is 23.2 Å². The number of para-hydroxylation sites is 2. The molecular weight excluding hydrogens is 290 g/mol. The average molecular weight is 309 g/mol. The van der Waals surface area contributed by atoms with Crippen LogP contribution in [0.5, 0.6) is 0 Å². The number of hydrogen-bond acceptors (Lipinski definition) is 3. The molecule has 1 aliphatic heterocycles. The fourth-order valence-corrected chi connectivity index (χ4v) is 2.72. The number of benzene rings is 2. The van der Waals surface area contributed by atoms with Crippen molar-refractivity contribution < 1.29 is 9.59 Å². The minimum atomic E-state index is -0.0912. The molecule has 2 aromatic rings. The van der Waals surface area contributed by atoms with Crippen LogP contribution in [-0.4, -0.2) is 25.4 Å².